The minimum atomic E-state index is -0.168. The summed E-state index contributed by atoms with van der Waals surface area (Å²) in [7, 11) is 0. The third-order valence-corrected chi connectivity index (χ3v) is 5.99. The Balaban J connectivity index is 1.48. The van der Waals surface area contributed by atoms with Crippen molar-refractivity contribution in [1.29, 1.82) is 0 Å². The summed E-state index contributed by atoms with van der Waals surface area (Å²) in [4.78, 5) is 20.9. The Kier molecular flexibility index (Phi) is 4.36. The fourth-order valence-electron chi connectivity index (χ4n) is 4.34. The number of hydrogen-bond acceptors (Lipinski definition) is 5. The van der Waals surface area contributed by atoms with Gasteiger partial charge in [0, 0.05) is 17.8 Å². The van der Waals surface area contributed by atoms with E-state index in [1.807, 2.05) is 72.8 Å². The van der Waals surface area contributed by atoms with Gasteiger partial charge in [0.1, 0.15) is 17.2 Å². The van der Waals surface area contributed by atoms with Crippen molar-refractivity contribution in [3.05, 3.63) is 87.8 Å². The van der Waals surface area contributed by atoms with Crippen LogP contribution in [0.25, 0.3) is 27.8 Å². The maximum absolute atomic E-state index is 13.1. The standard InChI is InChI=1S/C26H22N4O3/c1-15-6-8-20-18(10-15)12-19(26(31)28-20)24-25(30-16(2)4-3-5-23(30)29-24)27-13-17-7-9-21-22(11-17)33-14-32-21/h3-12,27H,13-14H2,1-2H3,(H,28,31). The van der Waals surface area contributed by atoms with E-state index in [1.54, 1.807) is 0 Å². The van der Waals surface area contributed by atoms with Crippen LogP contribution < -0.4 is 20.3 Å². The number of aryl methyl sites for hydroxylation is 2. The van der Waals surface area contributed by atoms with Gasteiger partial charge in [-0.3, -0.25) is 9.20 Å². The van der Waals surface area contributed by atoms with Gasteiger partial charge in [0.25, 0.3) is 5.56 Å². The van der Waals surface area contributed by atoms with Gasteiger partial charge in [0.15, 0.2) is 11.5 Å². The number of nitrogens with zero attached hydrogens (tertiary/aromatic N) is 2. The molecule has 0 unspecified atom stereocenters. The molecule has 2 aromatic carbocycles. The van der Waals surface area contributed by atoms with Gasteiger partial charge in [-0.1, -0.05) is 23.8 Å². The molecule has 0 amide bonds. The zero-order valence-electron chi connectivity index (χ0n) is 18.3. The molecule has 0 atom stereocenters. The quantitative estimate of drug-likeness (QED) is 0.421. The van der Waals surface area contributed by atoms with E-state index in [4.69, 9.17) is 14.5 Å². The third-order valence-electron chi connectivity index (χ3n) is 5.99. The summed E-state index contributed by atoms with van der Waals surface area (Å²) in [6, 6.07) is 19.7. The Morgan fingerprint density at radius 1 is 1.03 bits per heavy atom. The molecule has 0 radical (unpaired) electrons. The van der Waals surface area contributed by atoms with Crippen LogP contribution in [0.1, 0.15) is 16.8 Å². The maximum atomic E-state index is 13.1. The first-order chi connectivity index (χ1) is 16.1. The fourth-order valence-corrected chi connectivity index (χ4v) is 4.34. The first-order valence-electron chi connectivity index (χ1n) is 10.8. The molecule has 3 aromatic heterocycles. The van der Waals surface area contributed by atoms with E-state index in [-0.39, 0.29) is 12.4 Å². The molecule has 5 aromatic rings. The van der Waals surface area contributed by atoms with Crippen LogP contribution in [0.5, 0.6) is 11.5 Å². The van der Waals surface area contributed by atoms with Crippen LogP contribution in [0.3, 0.4) is 0 Å². The highest BCUT2D eigenvalue weighted by molar-refractivity contribution is 5.86. The summed E-state index contributed by atoms with van der Waals surface area (Å²) in [6.07, 6.45) is 0. The van der Waals surface area contributed by atoms with Crippen molar-refractivity contribution in [2.75, 3.05) is 12.1 Å². The molecular weight excluding hydrogens is 416 g/mol. The van der Waals surface area contributed by atoms with Gasteiger partial charge in [0.05, 0.1) is 5.56 Å². The van der Waals surface area contributed by atoms with E-state index in [9.17, 15) is 4.79 Å². The summed E-state index contributed by atoms with van der Waals surface area (Å²) in [5.41, 5.74) is 5.76. The second-order valence-electron chi connectivity index (χ2n) is 8.31. The monoisotopic (exact) mass is 438 g/mol. The van der Waals surface area contributed by atoms with Crippen molar-refractivity contribution >= 4 is 22.4 Å². The van der Waals surface area contributed by atoms with Crippen LogP contribution in [0.4, 0.5) is 5.82 Å². The molecule has 0 spiro atoms. The van der Waals surface area contributed by atoms with Gasteiger partial charge in [-0.25, -0.2) is 4.98 Å². The molecule has 1 aliphatic heterocycles. The maximum Gasteiger partial charge on any atom is 0.258 e. The number of anilines is 1. The number of benzene rings is 2. The zero-order valence-corrected chi connectivity index (χ0v) is 18.3. The van der Waals surface area contributed by atoms with Crippen molar-refractivity contribution in [3.63, 3.8) is 0 Å². The van der Waals surface area contributed by atoms with Gasteiger partial charge in [0.2, 0.25) is 6.79 Å². The summed E-state index contributed by atoms with van der Waals surface area (Å²) in [5, 5.41) is 4.49. The van der Waals surface area contributed by atoms with Gasteiger partial charge in [-0.05, 0) is 67.3 Å². The molecule has 1 aliphatic rings. The molecule has 0 bridgehead atoms. The van der Waals surface area contributed by atoms with Crippen molar-refractivity contribution in [2.45, 2.75) is 20.4 Å². The Morgan fingerprint density at radius 2 is 1.91 bits per heavy atom. The average molecular weight is 438 g/mol. The Morgan fingerprint density at radius 3 is 2.82 bits per heavy atom. The summed E-state index contributed by atoms with van der Waals surface area (Å²) in [6.45, 7) is 4.85. The molecule has 0 saturated heterocycles. The lowest BCUT2D eigenvalue weighted by Crippen LogP contribution is -2.11. The minimum Gasteiger partial charge on any atom is -0.454 e. The number of imidazole rings is 1. The highest BCUT2D eigenvalue weighted by atomic mass is 16.7. The second kappa shape index (κ2) is 7.41. The number of fused-ring (bicyclic) bond motifs is 3. The Hall–Kier alpha value is -4.26. The number of hydrogen-bond donors (Lipinski definition) is 2. The van der Waals surface area contributed by atoms with Crippen molar-refractivity contribution < 1.29 is 9.47 Å². The van der Waals surface area contributed by atoms with Crippen LogP contribution in [0.15, 0.2) is 65.5 Å². The molecule has 7 nitrogen and oxygen atoms in total. The molecule has 164 valence electrons. The van der Waals surface area contributed by atoms with Crippen molar-refractivity contribution in [2.24, 2.45) is 0 Å². The van der Waals surface area contributed by atoms with Crippen LogP contribution in [0.2, 0.25) is 0 Å². The average Bonchev–Trinajstić information content (AvgIpc) is 3.42. The number of aromatic amines is 1. The number of rotatable bonds is 4. The predicted octanol–water partition coefficient (Wildman–Crippen LogP) is 4.80. The zero-order chi connectivity index (χ0) is 22.5. The lowest BCUT2D eigenvalue weighted by atomic mass is 10.1. The normalized spacial score (nSPS) is 12.5. The molecule has 6 rings (SSSR count). The summed E-state index contributed by atoms with van der Waals surface area (Å²) < 4.78 is 13.0. The Labute approximate surface area is 189 Å². The Bertz CT molecular complexity index is 1600. The predicted molar refractivity (Wildman–Crippen MR) is 128 cm³/mol. The van der Waals surface area contributed by atoms with Crippen molar-refractivity contribution in [1.82, 2.24) is 14.4 Å². The van der Waals surface area contributed by atoms with Gasteiger partial charge < -0.3 is 19.8 Å². The number of nitrogens with one attached hydrogen (secondary N) is 2. The van der Waals surface area contributed by atoms with E-state index < -0.39 is 0 Å². The first-order valence-corrected chi connectivity index (χ1v) is 10.8. The molecule has 0 fully saturated rings. The summed E-state index contributed by atoms with van der Waals surface area (Å²) in [5.74, 6) is 2.27. The van der Waals surface area contributed by atoms with Crippen LogP contribution in [-0.4, -0.2) is 21.2 Å². The largest absolute Gasteiger partial charge is 0.454 e. The van der Waals surface area contributed by atoms with E-state index in [0.717, 1.165) is 50.7 Å². The SMILES string of the molecule is Cc1ccc2[nH]c(=O)c(-c3nc4cccc(C)n4c3NCc3ccc4c(c3)OCO4)cc2c1. The molecule has 7 heteroatoms. The number of ether oxygens (including phenoxy) is 2. The molecule has 0 saturated carbocycles. The highest BCUT2D eigenvalue weighted by Gasteiger charge is 2.19. The van der Waals surface area contributed by atoms with Gasteiger partial charge >= 0.3 is 0 Å². The molecule has 33 heavy (non-hydrogen) atoms. The van der Waals surface area contributed by atoms with Crippen molar-refractivity contribution in [3.8, 4) is 22.8 Å². The van der Waals surface area contributed by atoms with Crippen LogP contribution >= 0.6 is 0 Å². The van der Waals surface area contributed by atoms with E-state index >= 15 is 0 Å². The van der Waals surface area contributed by atoms with Gasteiger partial charge in [-0.2, -0.15) is 0 Å². The smallest absolute Gasteiger partial charge is 0.258 e. The number of H-pyrrole nitrogens is 1. The third kappa shape index (κ3) is 3.29. The lowest BCUT2D eigenvalue weighted by Gasteiger charge is -2.11. The van der Waals surface area contributed by atoms with Crippen LogP contribution in [-0.2, 0) is 6.54 Å². The lowest BCUT2D eigenvalue weighted by molar-refractivity contribution is 0.174. The first kappa shape index (κ1) is 19.4. The fraction of sp³-hybridized carbons (Fsp3) is 0.154. The van der Waals surface area contributed by atoms with E-state index in [0.29, 0.717) is 17.8 Å². The van der Waals surface area contributed by atoms with Crippen LogP contribution in [0, 0.1) is 13.8 Å². The van der Waals surface area contributed by atoms with Gasteiger partial charge in [-0.15, -0.1) is 0 Å². The second-order valence-corrected chi connectivity index (χ2v) is 8.31. The highest BCUT2D eigenvalue weighted by Crippen LogP contribution is 2.34. The number of pyridine rings is 2. The topological polar surface area (TPSA) is 80.7 Å². The molecule has 2 N–H and O–H groups in total. The molecule has 0 aliphatic carbocycles. The molecule has 4 heterocycles. The van der Waals surface area contributed by atoms with E-state index in [2.05, 4.69) is 16.4 Å². The summed E-state index contributed by atoms with van der Waals surface area (Å²) >= 11 is 0. The number of aromatic nitrogens is 3. The molecular formula is C26H22N4O3. The van der Waals surface area contributed by atoms with E-state index in [1.165, 1.54) is 0 Å². The minimum absolute atomic E-state index is 0.168.